The van der Waals surface area contributed by atoms with E-state index in [0.717, 1.165) is 5.56 Å². The maximum absolute atomic E-state index is 12.8. The summed E-state index contributed by atoms with van der Waals surface area (Å²) in [5.74, 6) is -1.74. The second kappa shape index (κ2) is 7.10. The predicted octanol–water partition coefficient (Wildman–Crippen LogP) is 2.54. The first-order valence-electron chi connectivity index (χ1n) is 8.96. The molecule has 1 aliphatic heterocycles. The van der Waals surface area contributed by atoms with E-state index >= 15 is 0 Å². The number of hydrogen-bond donors (Lipinski definition) is 1. The topological polar surface area (TPSA) is 102 Å². The van der Waals surface area contributed by atoms with Crippen LogP contribution in [0.4, 0.5) is 0 Å². The second-order valence-corrected chi connectivity index (χ2v) is 7.92. The fraction of sp³-hybridized carbons (Fsp3) is 0.400. The highest BCUT2D eigenvalue weighted by Crippen LogP contribution is 2.25. The molecule has 2 heterocycles. The quantitative estimate of drug-likeness (QED) is 0.812. The van der Waals surface area contributed by atoms with Crippen molar-refractivity contribution in [3.8, 4) is 0 Å². The fourth-order valence-corrected chi connectivity index (χ4v) is 3.09. The molecule has 0 bridgehead atoms. The third kappa shape index (κ3) is 4.05. The van der Waals surface area contributed by atoms with Gasteiger partial charge in [0, 0.05) is 24.8 Å². The number of esters is 1. The van der Waals surface area contributed by atoms with Crippen molar-refractivity contribution in [1.82, 2.24) is 14.7 Å². The van der Waals surface area contributed by atoms with E-state index in [-0.39, 0.29) is 17.6 Å². The first kappa shape index (κ1) is 19.6. The lowest BCUT2D eigenvalue weighted by Crippen LogP contribution is -2.51. The fourth-order valence-electron chi connectivity index (χ4n) is 3.09. The molecule has 2 aromatic rings. The summed E-state index contributed by atoms with van der Waals surface area (Å²) < 4.78 is 6.81. The Morgan fingerprint density at radius 2 is 1.79 bits per heavy atom. The molecule has 1 aromatic carbocycles. The number of nitrogens with zero attached hydrogens (tertiary/aromatic N) is 3. The number of benzene rings is 1. The van der Waals surface area contributed by atoms with Crippen LogP contribution in [0.3, 0.4) is 0 Å². The molecule has 1 fully saturated rings. The Kier molecular flexibility index (Phi) is 4.97. The molecule has 0 unspecified atom stereocenters. The van der Waals surface area contributed by atoms with Crippen molar-refractivity contribution >= 4 is 17.8 Å². The van der Waals surface area contributed by atoms with Crippen molar-refractivity contribution in [3.63, 3.8) is 0 Å². The molecular weight excluding hydrogens is 362 g/mol. The largest absolute Gasteiger partial charge is 0.477 e. The molecule has 1 aromatic heterocycles. The molecule has 1 N–H and O–H groups in total. The zero-order chi connectivity index (χ0) is 20.6. The summed E-state index contributed by atoms with van der Waals surface area (Å²) in [4.78, 5) is 38.0. The monoisotopic (exact) mass is 385 g/mol. The number of likely N-dealkylation sites (tertiary alicyclic amines) is 1. The summed E-state index contributed by atoms with van der Waals surface area (Å²) in [6.45, 7) is 7.88. The Labute approximate surface area is 162 Å². The van der Waals surface area contributed by atoms with E-state index in [1.807, 2.05) is 6.92 Å². The van der Waals surface area contributed by atoms with Crippen LogP contribution >= 0.6 is 0 Å². The molecule has 0 spiro atoms. The lowest BCUT2D eigenvalue weighted by Gasteiger charge is -2.39. The summed E-state index contributed by atoms with van der Waals surface area (Å²) in [7, 11) is 0. The number of rotatable bonds is 4. The lowest BCUT2D eigenvalue weighted by atomic mass is 10.0. The lowest BCUT2D eigenvalue weighted by molar-refractivity contribution is 0.00691. The average Bonchev–Trinajstić information content (AvgIpc) is 3.00. The number of carboxylic acids is 1. The van der Waals surface area contributed by atoms with E-state index in [4.69, 9.17) is 4.74 Å². The van der Waals surface area contributed by atoms with Gasteiger partial charge in [0.15, 0.2) is 0 Å². The number of aromatic nitrogens is 2. The maximum Gasteiger partial charge on any atom is 0.354 e. The number of carboxylic acid groups (broad SMARTS) is 1. The molecule has 148 valence electrons. The molecule has 3 rings (SSSR count). The van der Waals surface area contributed by atoms with Crippen molar-refractivity contribution in [2.45, 2.75) is 39.3 Å². The van der Waals surface area contributed by atoms with Gasteiger partial charge in [-0.05, 0) is 57.5 Å². The van der Waals surface area contributed by atoms with E-state index in [0.29, 0.717) is 24.2 Å². The summed E-state index contributed by atoms with van der Waals surface area (Å²) in [6, 6.07) is 6.20. The molecule has 0 atom stereocenters. The summed E-state index contributed by atoms with van der Waals surface area (Å²) in [6.07, 6.45) is 1.43. The third-order valence-electron chi connectivity index (χ3n) is 4.34. The van der Waals surface area contributed by atoms with Crippen LogP contribution in [-0.4, -0.2) is 56.3 Å². The Balaban J connectivity index is 1.73. The van der Waals surface area contributed by atoms with Crippen LogP contribution in [0.15, 0.2) is 30.5 Å². The number of carbonyl (C=O) groups is 3. The van der Waals surface area contributed by atoms with Crippen LogP contribution in [0, 0.1) is 6.92 Å². The van der Waals surface area contributed by atoms with Gasteiger partial charge in [-0.25, -0.2) is 9.59 Å². The standard InChI is InChI=1S/C20H23N3O5/c1-12-7-13(9-14(8-12)19(27)28-20(2,3)4)17(24)22-10-15(11-22)23-16(18(25)26)5-6-21-23/h5-9,15H,10-11H2,1-4H3,(H,25,26). The highest BCUT2D eigenvalue weighted by atomic mass is 16.6. The molecule has 28 heavy (non-hydrogen) atoms. The maximum atomic E-state index is 12.8. The Morgan fingerprint density at radius 1 is 1.14 bits per heavy atom. The Bertz CT molecular complexity index is 936. The van der Waals surface area contributed by atoms with Gasteiger partial charge in [0.05, 0.1) is 11.6 Å². The predicted molar refractivity (Wildman–Crippen MR) is 100 cm³/mol. The van der Waals surface area contributed by atoms with E-state index in [1.165, 1.54) is 23.0 Å². The Hall–Kier alpha value is -3.16. The molecule has 0 aliphatic carbocycles. The van der Waals surface area contributed by atoms with Crippen molar-refractivity contribution in [1.29, 1.82) is 0 Å². The summed E-state index contributed by atoms with van der Waals surface area (Å²) in [5, 5.41) is 13.2. The van der Waals surface area contributed by atoms with Gasteiger partial charge in [-0.2, -0.15) is 5.10 Å². The van der Waals surface area contributed by atoms with Gasteiger partial charge in [-0.15, -0.1) is 0 Å². The third-order valence-corrected chi connectivity index (χ3v) is 4.34. The summed E-state index contributed by atoms with van der Waals surface area (Å²) >= 11 is 0. The molecule has 1 amide bonds. The van der Waals surface area contributed by atoms with Crippen LogP contribution in [0.25, 0.3) is 0 Å². The number of carbonyl (C=O) groups excluding carboxylic acids is 2. The van der Waals surface area contributed by atoms with Crippen LogP contribution in [0.1, 0.15) is 63.6 Å². The van der Waals surface area contributed by atoms with Crippen LogP contribution in [0.5, 0.6) is 0 Å². The van der Waals surface area contributed by atoms with Gasteiger partial charge in [0.25, 0.3) is 5.91 Å². The van der Waals surface area contributed by atoms with Crippen LogP contribution < -0.4 is 0 Å². The van der Waals surface area contributed by atoms with Crippen molar-refractivity contribution in [3.05, 3.63) is 52.8 Å². The second-order valence-electron chi connectivity index (χ2n) is 7.92. The number of aromatic carboxylic acids is 1. The number of aryl methyl sites for hydroxylation is 1. The van der Waals surface area contributed by atoms with Crippen LogP contribution in [0.2, 0.25) is 0 Å². The Morgan fingerprint density at radius 3 is 2.39 bits per heavy atom. The zero-order valence-corrected chi connectivity index (χ0v) is 16.3. The number of hydrogen-bond acceptors (Lipinski definition) is 5. The highest BCUT2D eigenvalue weighted by Gasteiger charge is 2.35. The molecule has 0 saturated carbocycles. The molecule has 8 nitrogen and oxygen atoms in total. The van der Waals surface area contributed by atoms with Crippen LogP contribution in [-0.2, 0) is 4.74 Å². The van der Waals surface area contributed by atoms with Gasteiger partial charge < -0.3 is 14.7 Å². The van der Waals surface area contributed by atoms with Gasteiger partial charge in [-0.3, -0.25) is 9.48 Å². The molecule has 1 saturated heterocycles. The van der Waals surface area contributed by atoms with Gasteiger partial charge in [-0.1, -0.05) is 0 Å². The molecule has 0 radical (unpaired) electrons. The van der Waals surface area contributed by atoms with Crippen molar-refractivity contribution in [2.24, 2.45) is 0 Å². The SMILES string of the molecule is Cc1cc(C(=O)OC(C)(C)C)cc(C(=O)N2CC(n3nccc3C(=O)O)C2)c1. The minimum Gasteiger partial charge on any atom is -0.477 e. The first-order chi connectivity index (χ1) is 13.0. The molecule has 1 aliphatic rings. The average molecular weight is 385 g/mol. The van der Waals surface area contributed by atoms with Gasteiger partial charge in [0.1, 0.15) is 11.3 Å². The van der Waals surface area contributed by atoms with Gasteiger partial charge in [0.2, 0.25) is 0 Å². The normalized spacial score (nSPS) is 14.5. The van der Waals surface area contributed by atoms with E-state index < -0.39 is 17.5 Å². The smallest absolute Gasteiger partial charge is 0.354 e. The first-order valence-corrected chi connectivity index (χ1v) is 8.96. The molecule has 8 heteroatoms. The van der Waals surface area contributed by atoms with E-state index in [1.54, 1.807) is 37.8 Å². The molecular formula is C20H23N3O5. The zero-order valence-electron chi connectivity index (χ0n) is 16.3. The van der Waals surface area contributed by atoms with Gasteiger partial charge >= 0.3 is 11.9 Å². The number of amides is 1. The van der Waals surface area contributed by atoms with Crippen molar-refractivity contribution < 1.29 is 24.2 Å². The number of ether oxygens (including phenoxy) is 1. The van der Waals surface area contributed by atoms with Crippen molar-refractivity contribution in [2.75, 3.05) is 13.1 Å². The highest BCUT2D eigenvalue weighted by molar-refractivity contribution is 5.98. The minimum absolute atomic E-state index is 0.0971. The summed E-state index contributed by atoms with van der Waals surface area (Å²) in [5.41, 5.74) is 0.985. The van der Waals surface area contributed by atoms with E-state index in [2.05, 4.69) is 5.10 Å². The minimum atomic E-state index is -1.05. The van der Waals surface area contributed by atoms with E-state index in [9.17, 15) is 19.5 Å².